The number of ether oxygens (including phenoxy) is 1. The molecular formula is C17H24N2O. The van der Waals surface area contributed by atoms with E-state index in [4.69, 9.17) is 4.74 Å². The fourth-order valence-corrected chi connectivity index (χ4v) is 2.61. The molecule has 2 unspecified atom stereocenters. The molecule has 0 N–H and O–H groups in total. The number of morpholine rings is 1. The maximum absolute atomic E-state index is 9.51. The van der Waals surface area contributed by atoms with Crippen molar-refractivity contribution in [1.29, 1.82) is 5.26 Å². The van der Waals surface area contributed by atoms with Crippen molar-refractivity contribution in [3.63, 3.8) is 0 Å². The minimum absolute atomic E-state index is 0.147. The van der Waals surface area contributed by atoms with Gasteiger partial charge >= 0.3 is 0 Å². The van der Waals surface area contributed by atoms with E-state index in [0.29, 0.717) is 6.61 Å². The van der Waals surface area contributed by atoms with E-state index in [0.717, 1.165) is 18.7 Å². The molecule has 1 aromatic carbocycles. The molecule has 20 heavy (non-hydrogen) atoms. The lowest BCUT2D eigenvalue weighted by molar-refractivity contribution is -0.0269. The number of nitriles is 1. The molecule has 108 valence electrons. The third-order valence-electron chi connectivity index (χ3n) is 3.85. The standard InChI is InChI=1S/C17H24N2O/c1-13-12-19(9-10-20-13)16(11-18)14-5-7-15(8-6-14)17(2,3)4/h5-8,13,16H,9-10,12H2,1-4H3. The van der Waals surface area contributed by atoms with Gasteiger partial charge in [0.05, 0.1) is 18.8 Å². The summed E-state index contributed by atoms with van der Waals surface area (Å²) in [6.07, 6.45) is 0.202. The molecule has 0 bridgehead atoms. The summed E-state index contributed by atoms with van der Waals surface area (Å²) in [7, 11) is 0. The van der Waals surface area contributed by atoms with Gasteiger partial charge in [-0.05, 0) is 23.5 Å². The van der Waals surface area contributed by atoms with Gasteiger partial charge in [-0.1, -0.05) is 45.0 Å². The fraction of sp³-hybridized carbons (Fsp3) is 0.588. The van der Waals surface area contributed by atoms with E-state index in [1.54, 1.807) is 0 Å². The molecule has 2 rings (SSSR count). The summed E-state index contributed by atoms with van der Waals surface area (Å²) in [5.41, 5.74) is 2.52. The normalized spacial score (nSPS) is 22.2. The van der Waals surface area contributed by atoms with Gasteiger partial charge in [0.2, 0.25) is 0 Å². The number of rotatable bonds is 2. The van der Waals surface area contributed by atoms with Crippen LogP contribution in [-0.2, 0) is 10.2 Å². The van der Waals surface area contributed by atoms with Crippen LogP contribution in [0.2, 0.25) is 0 Å². The lowest BCUT2D eigenvalue weighted by Crippen LogP contribution is -2.42. The predicted molar refractivity (Wildman–Crippen MR) is 80.5 cm³/mol. The molecule has 0 spiro atoms. The molecule has 0 aliphatic carbocycles. The largest absolute Gasteiger partial charge is 0.376 e. The summed E-state index contributed by atoms with van der Waals surface area (Å²) in [5, 5.41) is 9.51. The SMILES string of the molecule is CC1CN(C(C#N)c2ccc(C(C)(C)C)cc2)CCO1. The van der Waals surface area contributed by atoms with Crippen molar-refractivity contribution in [2.75, 3.05) is 19.7 Å². The van der Waals surface area contributed by atoms with Crippen molar-refractivity contribution in [1.82, 2.24) is 4.90 Å². The fourth-order valence-electron chi connectivity index (χ4n) is 2.61. The van der Waals surface area contributed by atoms with Crippen molar-refractivity contribution in [3.8, 4) is 6.07 Å². The van der Waals surface area contributed by atoms with Crippen molar-refractivity contribution < 1.29 is 4.74 Å². The second kappa shape index (κ2) is 5.95. The zero-order valence-electron chi connectivity index (χ0n) is 12.9. The Bertz CT molecular complexity index is 481. The van der Waals surface area contributed by atoms with Gasteiger partial charge in [0, 0.05) is 13.1 Å². The van der Waals surface area contributed by atoms with Gasteiger partial charge in [-0.15, -0.1) is 0 Å². The van der Waals surface area contributed by atoms with Crippen molar-refractivity contribution in [2.24, 2.45) is 0 Å². The van der Waals surface area contributed by atoms with Crippen LogP contribution in [0.1, 0.15) is 44.9 Å². The molecule has 1 heterocycles. The van der Waals surface area contributed by atoms with Gasteiger partial charge in [-0.3, -0.25) is 4.90 Å². The summed E-state index contributed by atoms with van der Waals surface area (Å²) in [6, 6.07) is 10.7. The second-order valence-corrected chi connectivity index (χ2v) is 6.58. The van der Waals surface area contributed by atoms with Crippen LogP contribution in [0.25, 0.3) is 0 Å². The summed E-state index contributed by atoms with van der Waals surface area (Å²) >= 11 is 0. The lowest BCUT2D eigenvalue weighted by atomic mass is 9.86. The summed E-state index contributed by atoms with van der Waals surface area (Å²) in [5.74, 6) is 0. The van der Waals surface area contributed by atoms with E-state index in [1.807, 2.05) is 0 Å². The molecule has 1 aliphatic heterocycles. The minimum atomic E-state index is -0.171. The summed E-state index contributed by atoms with van der Waals surface area (Å²) in [6.45, 7) is 11.0. The Balaban J connectivity index is 2.18. The zero-order chi connectivity index (χ0) is 14.8. The molecule has 1 aromatic rings. The van der Waals surface area contributed by atoms with Crippen LogP contribution in [0.5, 0.6) is 0 Å². The van der Waals surface area contributed by atoms with E-state index in [2.05, 4.69) is 62.9 Å². The maximum atomic E-state index is 9.51. The Morgan fingerprint density at radius 2 is 1.95 bits per heavy atom. The molecule has 1 aliphatic rings. The van der Waals surface area contributed by atoms with Crippen LogP contribution < -0.4 is 0 Å². The van der Waals surface area contributed by atoms with Gasteiger partial charge in [0.1, 0.15) is 6.04 Å². The Hall–Kier alpha value is -1.37. The van der Waals surface area contributed by atoms with Crippen molar-refractivity contribution in [2.45, 2.75) is 45.3 Å². The Morgan fingerprint density at radius 1 is 1.30 bits per heavy atom. The number of benzene rings is 1. The highest BCUT2D eigenvalue weighted by atomic mass is 16.5. The molecular weight excluding hydrogens is 248 g/mol. The average Bonchev–Trinajstić information content (AvgIpc) is 2.39. The van der Waals surface area contributed by atoms with Gasteiger partial charge in [0.15, 0.2) is 0 Å². The van der Waals surface area contributed by atoms with E-state index in [1.165, 1.54) is 5.56 Å². The third-order valence-corrected chi connectivity index (χ3v) is 3.85. The Morgan fingerprint density at radius 3 is 2.45 bits per heavy atom. The molecule has 0 saturated carbocycles. The number of nitrogens with zero attached hydrogens (tertiary/aromatic N) is 2. The third kappa shape index (κ3) is 3.39. The van der Waals surface area contributed by atoms with Crippen LogP contribution in [0.3, 0.4) is 0 Å². The van der Waals surface area contributed by atoms with E-state index in [9.17, 15) is 5.26 Å². The molecule has 1 saturated heterocycles. The minimum Gasteiger partial charge on any atom is -0.376 e. The average molecular weight is 272 g/mol. The molecule has 0 aromatic heterocycles. The first-order valence-corrected chi connectivity index (χ1v) is 7.27. The second-order valence-electron chi connectivity index (χ2n) is 6.58. The van der Waals surface area contributed by atoms with E-state index >= 15 is 0 Å². The molecule has 3 nitrogen and oxygen atoms in total. The first kappa shape index (κ1) is 15.0. The Labute approximate surface area is 122 Å². The zero-order valence-corrected chi connectivity index (χ0v) is 12.9. The van der Waals surface area contributed by atoms with Crippen LogP contribution in [-0.4, -0.2) is 30.7 Å². The van der Waals surface area contributed by atoms with Crippen LogP contribution >= 0.6 is 0 Å². The van der Waals surface area contributed by atoms with Gasteiger partial charge < -0.3 is 4.74 Å². The Kier molecular flexibility index (Phi) is 4.47. The lowest BCUT2D eigenvalue weighted by Gasteiger charge is -2.34. The first-order chi connectivity index (χ1) is 9.41. The molecule has 2 atom stereocenters. The highest BCUT2D eigenvalue weighted by molar-refractivity contribution is 5.31. The molecule has 1 fully saturated rings. The summed E-state index contributed by atoms with van der Waals surface area (Å²) in [4.78, 5) is 2.21. The monoisotopic (exact) mass is 272 g/mol. The van der Waals surface area contributed by atoms with Crippen LogP contribution in [0.15, 0.2) is 24.3 Å². The van der Waals surface area contributed by atoms with Crippen molar-refractivity contribution in [3.05, 3.63) is 35.4 Å². The summed E-state index contributed by atoms with van der Waals surface area (Å²) < 4.78 is 5.55. The maximum Gasteiger partial charge on any atom is 0.124 e. The smallest absolute Gasteiger partial charge is 0.124 e. The number of hydrogen-bond acceptors (Lipinski definition) is 3. The van der Waals surface area contributed by atoms with E-state index < -0.39 is 0 Å². The highest BCUT2D eigenvalue weighted by Gasteiger charge is 2.25. The van der Waals surface area contributed by atoms with E-state index in [-0.39, 0.29) is 17.6 Å². The predicted octanol–water partition coefficient (Wildman–Crippen LogP) is 3.27. The molecule has 3 heteroatoms. The number of hydrogen-bond donors (Lipinski definition) is 0. The first-order valence-electron chi connectivity index (χ1n) is 7.27. The topological polar surface area (TPSA) is 36.3 Å². The highest BCUT2D eigenvalue weighted by Crippen LogP contribution is 2.27. The van der Waals surface area contributed by atoms with Crippen molar-refractivity contribution >= 4 is 0 Å². The van der Waals surface area contributed by atoms with Crippen LogP contribution in [0, 0.1) is 11.3 Å². The molecule has 0 radical (unpaired) electrons. The van der Waals surface area contributed by atoms with Gasteiger partial charge in [-0.2, -0.15) is 5.26 Å². The van der Waals surface area contributed by atoms with Gasteiger partial charge in [0.25, 0.3) is 0 Å². The van der Waals surface area contributed by atoms with Gasteiger partial charge in [-0.25, -0.2) is 0 Å². The molecule has 0 amide bonds. The van der Waals surface area contributed by atoms with Crippen LogP contribution in [0.4, 0.5) is 0 Å². The quantitative estimate of drug-likeness (QED) is 0.829.